The Morgan fingerprint density at radius 2 is 1.88 bits per heavy atom. The van der Waals surface area contributed by atoms with Gasteiger partial charge in [0.2, 0.25) is 5.91 Å². The van der Waals surface area contributed by atoms with Crippen molar-refractivity contribution in [3.8, 4) is 0 Å². The smallest absolute Gasteiger partial charge is 0.223 e. The van der Waals surface area contributed by atoms with Crippen molar-refractivity contribution in [3.63, 3.8) is 0 Å². The Bertz CT molecular complexity index is 807. The third-order valence-electron chi connectivity index (χ3n) is 6.03. The molecule has 1 N–H and O–H groups in total. The molecule has 0 aromatic carbocycles. The van der Waals surface area contributed by atoms with E-state index in [1.807, 2.05) is 16.6 Å². The van der Waals surface area contributed by atoms with Crippen molar-refractivity contribution >= 4 is 17.4 Å². The molecular weight excluding hydrogens is 328 g/mol. The highest BCUT2D eigenvalue weighted by Gasteiger charge is 2.30. The second-order valence-corrected chi connectivity index (χ2v) is 8.07. The first kappa shape index (κ1) is 16.0. The van der Waals surface area contributed by atoms with E-state index in [1.165, 1.54) is 25.7 Å². The number of piperidine rings is 1. The highest BCUT2D eigenvalue weighted by Crippen LogP contribution is 2.38. The van der Waals surface area contributed by atoms with E-state index in [9.17, 15) is 4.79 Å². The number of fused-ring (bicyclic) bond motifs is 1. The van der Waals surface area contributed by atoms with Crippen LogP contribution >= 0.6 is 0 Å². The molecule has 2 saturated carbocycles. The summed E-state index contributed by atoms with van der Waals surface area (Å²) in [5, 5.41) is 16.7. The molecular formula is C19H26N6O. The third-order valence-corrected chi connectivity index (χ3v) is 6.03. The molecule has 138 valence electrons. The van der Waals surface area contributed by atoms with E-state index >= 15 is 0 Å². The summed E-state index contributed by atoms with van der Waals surface area (Å²) in [6.45, 7) is 1.81. The molecule has 1 unspecified atom stereocenters. The SMILES string of the molecule is O=C(NC1CCCN(c2ccc3nnc(C4CC4)n3n2)C1)C1CCCC1. The van der Waals surface area contributed by atoms with Crippen molar-refractivity contribution in [2.24, 2.45) is 5.92 Å². The van der Waals surface area contributed by atoms with Gasteiger partial charge in [0, 0.05) is 31.0 Å². The van der Waals surface area contributed by atoms with Crippen molar-refractivity contribution in [3.05, 3.63) is 18.0 Å². The molecule has 7 nitrogen and oxygen atoms in total. The number of nitrogens with zero attached hydrogens (tertiary/aromatic N) is 5. The lowest BCUT2D eigenvalue weighted by molar-refractivity contribution is -0.125. The topological polar surface area (TPSA) is 75.4 Å². The largest absolute Gasteiger partial charge is 0.353 e. The van der Waals surface area contributed by atoms with E-state index in [-0.39, 0.29) is 17.9 Å². The van der Waals surface area contributed by atoms with Crippen LogP contribution in [-0.2, 0) is 4.79 Å². The van der Waals surface area contributed by atoms with Crippen molar-refractivity contribution in [1.29, 1.82) is 0 Å². The Hall–Kier alpha value is -2.18. The summed E-state index contributed by atoms with van der Waals surface area (Å²) in [6.07, 6.45) is 9.00. The number of anilines is 1. The quantitative estimate of drug-likeness (QED) is 0.912. The molecule has 3 heterocycles. The Balaban J connectivity index is 1.30. The molecule has 3 fully saturated rings. The van der Waals surface area contributed by atoms with Gasteiger partial charge in [0.15, 0.2) is 11.5 Å². The van der Waals surface area contributed by atoms with Gasteiger partial charge in [-0.25, -0.2) is 0 Å². The van der Waals surface area contributed by atoms with Gasteiger partial charge in [0.25, 0.3) is 0 Å². The highest BCUT2D eigenvalue weighted by atomic mass is 16.2. The monoisotopic (exact) mass is 354 g/mol. The van der Waals surface area contributed by atoms with Crippen molar-refractivity contribution in [2.45, 2.75) is 63.3 Å². The van der Waals surface area contributed by atoms with Crippen LogP contribution in [0.5, 0.6) is 0 Å². The first-order chi connectivity index (χ1) is 12.8. The minimum atomic E-state index is 0.221. The fourth-order valence-corrected chi connectivity index (χ4v) is 4.37. The molecule has 0 radical (unpaired) electrons. The number of hydrogen-bond donors (Lipinski definition) is 1. The molecule has 7 heteroatoms. The Kier molecular flexibility index (Phi) is 4.02. The molecule has 26 heavy (non-hydrogen) atoms. The summed E-state index contributed by atoms with van der Waals surface area (Å²) in [7, 11) is 0. The van der Waals surface area contributed by atoms with Gasteiger partial charge in [-0.1, -0.05) is 12.8 Å². The minimum Gasteiger partial charge on any atom is -0.353 e. The zero-order valence-electron chi connectivity index (χ0n) is 15.1. The normalized spacial score (nSPS) is 24.3. The molecule has 2 aromatic heterocycles. The van der Waals surface area contributed by atoms with E-state index < -0.39 is 0 Å². The van der Waals surface area contributed by atoms with Crippen LogP contribution in [0.15, 0.2) is 12.1 Å². The molecule has 2 aliphatic carbocycles. The van der Waals surface area contributed by atoms with Gasteiger partial charge < -0.3 is 10.2 Å². The first-order valence-corrected chi connectivity index (χ1v) is 10.1. The van der Waals surface area contributed by atoms with E-state index in [2.05, 4.69) is 20.4 Å². The van der Waals surface area contributed by atoms with Gasteiger partial charge in [0.05, 0.1) is 0 Å². The number of nitrogens with one attached hydrogen (secondary N) is 1. The van der Waals surface area contributed by atoms with E-state index in [0.717, 1.165) is 56.1 Å². The lowest BCUT2D eigenvalue weighted by Gasteiger charge is -2.34. The standard InChI is InChI=1S/C19H26N6O/c26-19(14-4-1-2-5-14)20-15-6-3-11-24(12-15)17-10-9-16-21-22-18(13-7-8-13)25(16)23-17/h9-10,13-15H,1-8,11-12H2,(H,20,26). The van der Waals surface area contributed by atoms with Crippen LogP contribution in [0.1, 0.15) is 63.1 Å². The van der Waals surface area contributed by atoms with Crippen LogP contribution in [0.25, 0.3) is 5.65 Å². The molecule has 0 bridgehead atoms. The second kappa shape index (κ2) is 6.52. The predicted molar refractivity (Wildman–Crippen MR) is 98.1 cm³/mol. The Labute approximate surface area is 153 Å². The van der Waals surface area contributed by atoms with E-state index in [0.29, 0.717) is 5.92 Å². The second-order valence-electron chi connectivity index (χ2n) is 8.07. The molecule has 3 aliphatic rings. The molecule has 1 amide bonds. The Morgan fingerprint density at radius 3 is 2.69 bits per heavy atom. The van der Waals surface area contributed by atoms with Gasteiger partial charge in [-0.05, 0) is 50.7 Å². The number of aromatic nitrogens is 4. The van der Waals surface area contributed by atoms with Crippen LogP contribution in [0.3, 0.4) is 0 Å². The van der Waals surface area contributed by atoms with Gasteiger partial charge in [-0.15, -0.1) is 15.3 Å². The van der Waals surface area contributed by atoms with Gasteiger partial charge >= 0.3 is 0 Å². The van der Waals surface area contributed by atoms with Crippen LogP contribution in [0.4, 0.5) is 5.82 Å². The zero-order chi connectivity index (χ0) is 17.5. The zero-order valence-corrected chi connectivity index (χ0v) is 15.1. The van der Waals surface area contributed by atoms with Gasteiger partial charge in [-0.2, -0.15) is 4.52 Å². The molecule has 5 rings (SSSR count). The lowest BCUT2D eigenvalue weighted by atomic mass is 10.0. The van der Waals surface area contributed by atoms with Gasteiger partial charge in [-0.3, -0.25) is 4.79 Å². The molecule has 1 aliphatic heterocycles. The summed E-state index contributed by atoms with van der Waals surface area (Å²) in [4.78, 5) is 14.7. The lowest BCUT2D eigenvalue weighted by Crippen LogP contribution is -2.49. The number of amides is 1. The number of hydrogen-bond acceptors (Lipinski definition) is 5. The summed E-state index contributed by atoms with van der Waals surface area (Å²) in [6, 6.07) is 4.25. The molecule has 2 aromatic rings. The van der Waals surface area contributed by atoms with Crippen molar-refractivity contribution < 1.29 is 4.79 Å². The van der Waals surface area contributed by atoms with Crippen LogP contribution in [0, 0.1) is 5.92 Å². The summed E-state index contributed by atoms with van der Waals surface area (Å²) < 4.78 is 1.91. The number of carbonyl (C=O) groups is 1. The fourth-order valence-electron chi connectivity index (χ4n) is 4.37. The predicted octanol–water partition coefficient (Wildman–Crippen LogP) is 2.28. The van der Waals surface area contributed by atoms with E-state index in [1.54, 1.807) is 0 Å². The van der Waals surface area contributed by atoms with Crippen LogP contribution in [-0.4, -0.2) is 44.8 Å². The summed E-state index contributed by atoms with van der Waals surface area (Å²) in [5.74, 6) is 2.96. The number of rotatable bonds is 4. The summed E-state index contributed by atoms with van der Waals surface area (Å²) in [5.41, 5.74) is 0.818. The highest BCUT2D eigenvalue weighted by molar-refractivity contribution is 5.79. The van der Waals surface area contributed by atoms with Crippen LogP contribution in [0.2, 0.25) is 0 Å². The summed E-state index contributed by atoms with van der Waals surface area (Å²) >= 11 is 0. The number of carbonyl (C=O) groups excluding carboxylic acids is 1. The first-order valence-electron chi connectivity index (χ1n) is 10.1. The average molecular weight is 354 g/mol. The molecule has 1 atom stereocenters. The maximum Gasteiger partial charge on any atom is 0.223 e. The van der Waals surface area contributed by atoms with E-state index in [4.69, 9.17) is 5.10 Å². The van der Waals surface area contributed by atoms with Crippen molar-refractivity contribution in [2.75, 3.05) is 18.0 Å². The molecule has 1 saturated heterocycles. The fraction of sp³-hybridized carbons (Fsp3) is 0.684. The Morgan fingerprint density at radius 1 is 1.04 bits per heavy atom. The van der Waals surface area contributed by atoms with Gasteiger partial charge in [0.1, 0.15) is 5.82 Å². The van der Waals surface area contributed by atoms with Crippen LogP contribution < -0.4 is 10.2 Å². The minimum absolute atomic E-state index is 0.221. The average Bonchev–Trinajstić information content (AvgIpc) is 3.20. The maximum absolute atomic E-state index is 12.5. The maximum atomic E-state index is 12.5. The van der Waals surface area contributed by atoms with Crippen molar-refractivity contribution in [1.82, 2.24) is 25.1 Å². The third kappa shape index (κ3) is 3.04. The molecule has 0 spiro atoms.